The maximum atomic E-state index is 11.1. The number of aryl methyl sites for hydroxylation is 1. The number of likely N-dealkylation sites (tertiary alicyclic amines) is 1. The van der Waals surface area contributed by atoms with Crippen LogP contribution < -0.4 is 5.32 Å². The lowest BCUT2D eigenvalue weighted by molar-refractivity contribution is -0.119. The average molecular weight is 313 g/mol. The number of carbonyl (C=O) groups excluding carboxylic acids is 1. The standard InChI is InChI=1S/C17H23N5O/c1-13(23)18-10-15-5-3-6-16(20-15)17-7-4-8-22(17)12-14-9-19-21(2)11-14/h3,5-6,9,11,17H,4,7-8,10,12H2,1-2H3,(H,18,23)/t17-/m1/s1. The smallest absolute Gasteiger partial charge is 0.217 e. The zero-order valence-electron chi connectivity index (χ0n) is 13.7. The first kappa shape index (κ1) is 15.7. The number of aromatic nitrogens is 3. The zero-order chi connectivity index (χ0) is 16.2. The van der Waals surface area contributed by atoms with E-state index in [0.29, 0.717) is 12.6 Å². The summed E-state index contributed by atoms with van der Waals surface area (Å²) < 4.78 is 1.84. The van der Waals surface area contributed by atoms with Crippen LogP contribution in [0.3, 0.4) is 0 Å². The molecule has 2 aromatic rings. The summed E-state index contributed by atoms with van der Waals surface area (Å²) in [5.41, 5.74) is 3.23. The molecule has 3 rings (SSSR count). The van der Waals surface area contributed by atoms with E-state index in [1.54, 1.807) is 0 Å². The molecule has 1 aliphatic rings. The van der Waals surface area contributed by atoms with Gasteiger partial charge in [-0.25, -0.2) is 0 Å². The van der Waals surface area contributed by atoms with Gasteiger partial charge in [0.15, 0.2) is 0 Å². The number of hydrogen-bond donors (Lipinski definition) is 1. The fraction of sp³-hybridized carbons (Fsp3) is 0.471. The molecule has 1 amide bonds. The predicted octanol–water partition coefficient (Wildman–Crippen LogP) is 1.79. The number of nitrogens with one attached hydrogen (secondary N) is 1. The van der Waals surface area contributed by atoms with Crippen LogP contribution in [0, 0.1) is 0 Å². The lowest BCUT2D eigenvalue weighted by Gasteiger charge is -2.23. The minimum atomic E-state index is -0.0312. The zero-order valence-corrected chi connectivity index (χ0v) is 13.7. The molecule has 1 saturated heterocycles. The molecule has 2 aromatic heterocycles. The summed E-state index contributed by atoms with van der Waals surface area (Å²) in [6.07, 6.45) is 6.30. The van der Waals surface area contributed by atoms with Crippen molar-refractivity contribution in [1.82, 2.24) is 25.0 Å². The van der Waals surface area contributed by atoms with Crippen molar-refractivity contribution in [3.05, 3.63) is 47.5 Å². The Morgan fingerprint density at radius 2 is 2.30 bits per heavy atom. The van der Waals surface area contributed by atoms with Crippen molar-refractivity contribution in [2.75, 3.05) is 6.54 Å². The van der Waals surface area contributed by atoms with Crippen molar-refractivity contribution < 1.29 is 4.79 Å². The van der Waals surface area contributed by atoms with Gasteiger partial charge < -0.3 is 5.32 Å². The molecule has 0 aromatic carbocycles. The number of pyridine rings is 1. The molecule has 23 heavy (non-hydrogen) atoms. The Morgan fingerprint density at radius 3 is 3.04 bits per heavy atom. The first-order valence-electron chi connectivity index (χ1n) is 8.03. The summed E-state index contributed by atoms with van der Waals surface area (Å²) >= 11 is 0. The molecule has 0 radical (unpaired) electrons. The third-order valence-electron chi connectivity index (χ3n) is 4.20. The largest absolute Gasteiger partial charge is 0.351 e. The van der Waals surface area contributed by atoms with Gasteiger partial charge in [0, 0.05) is 32.3 Å². The molecule has 1 aliphatic heterocycles. The van der Waals surface area contributed by atoms with Crippen molar-refractivity contribution in [3.8, 4) is 0 Å². The monoisotopic (exact) mass is 313 g/mol. The Hall–Kier alpha value is -2.21. The predicted molar refractivity (Wildman–Crippen MR) is 87.4 cm³/mol. The molecule has 1 fully saturated rings. The number of carbonyl (C=O) groups is 1. The van der Waals surface area contributed by atoms with E-state index in [4.69, 9.17) is 4.98 Å². The first-order valence-corrected chi connectivity index (χ1v) is 8.03. The van der Waals surface area contributed by atoms with Gasteiger partial charge in [0.1, 0.15) is 0 Å². The van der Waals surface area contributed by atoms with E-state index in [9.17, 15) is 4.79 Å². The summed E-state index contributed by atoms with van der Waals surface area (Å²) in [5.74, 6) is -0.0312. The first-order chi connectivity index (χ1) is 11.1. The number of amides is 1. The Kier molecular flexibility index (Phi) is 4.71. The second kappa shape index (κ2) is 6.91. The van der Waals surface area contributed by atoms with Gasteiger partial charge in [-0.1, -0.05) is 6.07 Å². The Bertz CT molecular complexity index is 681. The van der Waals surface area contributed by atoms with Gasteiger partial charge in [0.05, 0.1) is 30.2 Å². The van der Waals surface area contributed by atoms with Crippen LogP contribution in [0.4, 0.5) is 0 Å². The molecule has 1 atom stereocenters. The van der Waals surface area contributed by atoms with Gasteiger partial charge in [-0.2, -0.15) is 5.10 Å². The molecule has 3 heterocycles. The van der Waals surface area contributed by atoms with Crippen LogP contribution in [0.25, 0.3) is 0 Å². The second-order valence-electron chi connectivity index (χ2n) is 6.11. The van der Waals surface area contributed by atoms with Crippen molar-refractivity contribution >= 4 is 5.91 Å². The van der Waals surface area contributed by atoms with Gasteiger partial charge in [0.2, 0.25) is 5.91 Å². The third kappa shape index (κ3) is 3.96. The van der Waals surface area contributed by atoms with Crippen LogP contribution in [0.2, 0.25) is 0 Å². The van der Waals surface area contributed by atoms with E-state index in [0.717, 1.165) is 30.9 Å². The normalized spacial score (nSPS) is 18.3. The summed E-state index contributed by atoms with van der Waals surface area (Å²) in [7, 11) is 1.94. The minimum absolute atomic E-state index is 0.0312. The molecule has 0 aliphatic carbocycles. The van der Waals surface area contributed by atoms with Crippen molar-refractivity contribution in [1.29, 1.82) is 0 Å². The van der Waals surface area contributed by atoms with E-state index in [1.165, 1.54) is 18.9 Å². The number of rotatable bonds is 5. The van der Waals surface area contributed by atoms with Gasteiger partial charge in [-0.05, 0) is 31.5 Å². The van der Waals surface area contributed by atoms with E-state index in [1.807, 2.05) is 30.1 Å². The highest BCUT2D eigenvalue weighted by Crippen LogP contribution is 2.32. The Labute approximate surface area is 136 Å². The van der Waals surface area contributed by atoms with Crippen LogP contribution in [-0.2, 0) is 24.9 Å². The lowest BCUT2D eigenvalue weighted by Crippen LogP contribution is -2.24. The fourth-order valence-electron chi connectivity index (χ4n) is 3.14. The summed E-state index contributed by atoms with van der Waals surface area (Å²) in [6.45, 7) is 3.99. The fourth-order valence-corrected chi connectivity index (χ4v) is 3.14. The Morgan fingerprint density at radius 1 is 1.43 bits per heavy atom. The molecule has 0 spiro atoms. The molecular weight excluding hydrogens is 290 g/mol. The van der Waals surface area contributed by atoms with E-state index in [2.05, 4.69) is 27.6 Å². The molecule has 0 unspecified atom stereocenters. The van der Waals surface area contributed by atoms with Crippen molar-refractivity contribution in [2.45, 2.75) is 38.9 Å². The lowest BCUT2D eigenvalue weighted by atomic mass is 10.1. The van der Waals surface area contributed by atoms with Crippen LogP contribution >= 0.6 is 0 Å². The minimum Gasteiger partial charge on any atom is -0.351 e. The highest BCUT2D eigenvalue weighted by Gasteiger charge is 2.27. The maximum Gasteiger partial charge on any atom is 0.217 e. The second-order valence-corrected chi connectivity index (χ2v) is 6.11. The summed E-state index contributed by atoms with van der Waals surface area (Å²) in [5, 5.41) is 7.05. The van der Waals surface area contributed by atoms with E-state index >= 15 is 0 Å². The molecule has 6 heteroatoms. The van der Waals surface area contributed by atoms with Crippen LogP contribution in [0.5, 0.6) is 0 Å². The maximum absolute atomic E-state index is 11.1. The highest BCUT2D eigenvalue weighted by molar-refractivity contribution is 5.72. The highest BCUT2D eigenvalue weighted by atomic mass is 16.1. The van der Waals surface area contributed by atoms with E-state index < -0.39 is 0 Å². The number of hydrogen-bond acceptors (Lipinski definition) is 4. The molecule has 6 nitrogen and oxygen atoms in total. The SMILES string of the molecule is CC(=O)NCc1cccc([C@H]2CCCN2Cc2cnn(C)c2)n1. The van der Waals surface area contributed by atoms with Gasteiger partial charge in [-0.15, -0.1) is 0 Å². The Balaban J connectivity index is 1.71. The van der Waals surface area contributed by atoms with Crippen molar-refractivity contribution in [3.63, 3.8) is 0 Å². The quantitative estimate of drug-likeness (QED) is 0.914. The van der Waals surface area contributed by atoms with Gasteiger partial charge in [0.25, 0.3) is 0 Å². The molecule has 122 valence electrons. The molecule has 1 N–H and O–H groups in total. The topological polar surface area (TPSA) is 63.1 Å². The van der Waals surface area contributed by atoms with E-state index in [-0.39, 0.29) is 5.91 Å². The van der Waals surface area contributed by atoms with Gasteiger partial charge >= 0.3 is 0 Å². The van der Waals surface area contributed by atoms with Crippen LogP contribution in [-0.4, -0.2) is 32.1 Å². The number of nitrogens with zero attached hydrogens (tertiary/aromatic N) is 4. The third-order valence-corrected chi connectivity index (χ3v) is 4.20. The summed E-state index contributed by atoms with van der Waals surface area (Å²) in [6, 6.07) is 6.41. The average Bonchev–Trinajstić information content (AvgIpc) is 3.15. The van der Waals surface area contributed by atoms with Crippen LogP contribution in [0.15, 0.2) is 30.6 Å². The summed E-state index contributed by atoms with van der Waals surface area (Å²) in [4.78, 5) is 18.3. The molecule has 0 saturated carbocycles. The molecular formula is C17H23N5O. The van der Waals surface area contributed by atoms with Crippen LogP contribution in [0.1, 0.15) is 42.8 Å². The molecule has 0 bridgehead atoms. The van der Waals surface area contributed by atoms with Gasteiger partial charge in [-0.3, -0.25) is 19.4 Å². The van der Waals surface area contributed by atoms with Crippen molar-refractivity contribution in [2.24, 2.45) is 7.05 Å².